The zero-order valence-corrected chi connectivity index (χ0v) is 14.5. The summed E-state index contributed by atoms with van der Waals surface area (Å²) in [4.78, 5) is 11.0. The maximum Gasteiger partial charge on any atom is 0.306 e. The van der Waals surface area contributed by atoms with Gasteiger partial charge >= 0.3 is 5.97 Å². The summed E-state index contributed by atoms with van der Waals surface area (Å²) in [5, 5.41) is 12.2. The number of esters is 1. The average molecular weight is 337 g/mol. The molecule has 1 aromatic heterocycles. The van der Waals surface area contributed by atoms with Gasteiger partial charge in [-0.1, -0.05) is 49.1 Å². The second kappa shape index (κ2) is 8.14. The molecule has 0 aliphatic rings. The molecule has 7 heteroatoms. The molecule has 1 N–H and O–H groups in total. The lowest BCUT2D eigenvalue weighted by atomic mass is 10.0. The Kier molecular flexibility index (Phi) is 6.21. The van der Waals surface area contributed by atoms with Crippen molar-refractivity contribution in [2.75, 3.05) is 18.2 Å². The van der Waals surface area contributed by atoms with E-state index in [9.17, 15) is 4.79 Å². The highest BCUT2D eigenvalue weighted by atomic mass is 32.2. The number of nitrogens with zero attached hydrogens (tertiary/aromatic N) is 2. The molecule has 0 bridgehead atoms. The van der Waals surface area contributed by atoms with Crippen molar-refractivity contribution >= 4 is 39.9 Å². The van der Waals surface area contributed by atoms with Gasteiger partial charge in [-0.25, -0.2) is 0 Å². The molecule has 0 aliphatic heterocycles. The zero-order chi connectivity index (χ0) is 15.9. The van der Waals surface area contributed by atoms with Crippen LogP contribution >= 0.6 is 23.1 Å². The third kappa shape index (κ3) is 4.99. The first kappa shape index (κ1) is 16.8. The fourth-order valence-corrected chi connectivity index (χ4v) is 3.48. The molecule has 2 aromatic rings. The number of carbonyl (C=O) groups is 1. The molecule has 5 nitrogen and oxygen atoms in total. The molecule has 0 fully saturated rings. The normalized spacial score (nSPS) is 10.7. The summed E-state index contributed by atoms with van der Waals surface area (Å²) in [6.45, 7) is 4.34. The molecule has 0 saturated carbocycles. The Hall–Kier alpha value is -1.60. The lowest BCUT2D eigenvalue weighted by Gasteiger charge is -2.06. The van der Waals surface area contributed by atoms with Gasteiger partial charge in [-0.2, -0.15) is 0 Å². The van der Waals surface area contributed by atoms with Crippen molar-refractivity contribution in [3.05, 3.63) is 29.8 Å². The van der Waals surface area contributed by atoms with E-state index in [1.165, 1.54) is 35.8 Å². The van der Waals surface area contributed by atoms with E-state index in [0.717, 1.165) is 15.2 Å². The number of thioether (sulfide) groups is 1. The quantitative estimate of drug-likeness (QED) is 0.607. The molecule has 0 atom stereocenters. The van der Waals surface area contributed by atoms with Crippen molar-refractivity contribution in [1.29, 1.82) is 0 Å². The van der Waals surface area contributed by atoms with Crippen LogP contribution in [0.4, 0.5) is 10.8 Å². The maximum absolute atomic E-state index is 11.0. The van der Waals surface area contributed by atoms with Gasteiger partial charge in [0.15, 0.2) is 4.34 Å². The predicted octanol–water partition coefficient (Wildman–Crippen LogP) is 4.06. The smallest absolute Gasteiger partial charge is 0.306 e. The molecule has 118 valence electrons. The van der Waals surface area contributed by atoms with Gasteiger partial charge in [0.2, 0.25) is 5.13 Å². The van der Waals surface area contributed by atoms with Gasteiger partial charge in [-0.3, -0.25) is 4.79 Å². The standard InChI is InChI=1S/C15H19N3O2S2/c1-10(2)11-4-6-12(7-5-11)16-14-17-18-15(22-14)21-9-8-13(19)20-3/h4-7,10H,8-9H2,1-3H3,(H,16,17). The van der Waals surface area contributed by atoms with Crippen molar-refractivity contribution in [2.45, 2.75) is 30.5 Å². The number of carbonyl (C=O) groups excluding carboxylic acids is 1. The summed E-state index contributed by atoms with van der Waals surface area (Å²) in [6, 6.07) is 8.31. The lowest BCUT2D eigenvalue weighted by molar-refractivity contribution is -0.140. The third-order valence-electron chi connectivity index (χ3n) is 2.99. The number of ether oxygens (including phenoxy) is 1. The fourth-order valence-electron chi connectivity index (χ4n) is 1.72. The SMILES string of the molecule is COC(=O)CCSc1nnc(Nc2ccc(C(C)C)cc2)s1. The van der Waals surface area contributed by atoms with Gasteiger partial charge in [-0.05, 0) is 23.6 Å². The molecule has 2 rings (SSSR count). The molecular formula is C15H19N3O2S2. The Bertz CT molecular complexity index is 612. The van der Waals surface area contributed by atoms with E-state index in [1.807, 2.05) is 12.1 Å². The van der Waals surface area contributed by atoms with Gasteiger partial charge in [0, 0.05) is 11.4 Å². The van der Waals surface area contributed by atoms with Crippen molar-refractivity contribution in [3.63, 3.8) is 0 Å². The summed E-state index contributed by atoms with van der Waals surface area (Å²) in [7, 11) is 1.39. The molecule has 0 saturated heterocycles. The summed E-state index contributed by atoms with van der Waals surface area (Å²) in [5.74, 6) is 0.957. The second-order valence-corrected chi connectivity index (χ2v) is 7.27. The number of hydrogen-bond donors (Lipinski definition) is 1. The van der Waals surface area contributed by atoms with Crippen LogP contribution in [0.15, 0.2) is 28.6 Å². The Morgan fingerprint density at radius 1 is 1.32 bits per heavy atom. The number of anilines is 2. The minimum atomic E-state index is -0.208. The van der Waals surface area contributed by atoms with Crippen LogP contribution in [0, 0.1) is 0 Å². The number of rotatable bonds is 7. The Labute approximate surface area is 138 Å². The van der Waals surface area contributed by atoms with Crippen LogP contribution in [0.5, 0.6) is 0 Å². The van der Waals surface area contributed by atoms with Gasteiger partial charge in [-0.15, -0.1) is 10.2 Å². The third-order valence-corrected chi connectivity index (χ3v) is 4.97. The largest absolute Gasteiger partial charge is 0.469 e. The summed E-state index contributed by atoms with van der Waals surface area (Å²) in [6.07, 6.45) is 0.375. The van der Waals surface area contributed by atoms with Gasteiger partial charge in [0.05, 0.1) is 13.5 Å². The van der Waals surface area contributed by atoms with E-state index in [0.29, 0.717) is 18.1 Å². The number of benzene rings is 1. The number of hydrogen-bond acceptors (Lipinski definition) is 7. The number of aromatic nitrogens is 2. The highest BCUT2D eigenvalue weighted by molar-refractivity contribution is 8.01. The lowest BCUT2D eigenvalue weighted by Crippen LogP contribution is -2.00. The van der Waals surface area contributed by atoms with E-state index in [2.05, 4.69) is 46.2 Å². The van der Waals surface area contributed by atoms with Crippen molar-refractivity contribution in [3.8, 4) is 0 Å². The van der Waals surface area contributed by atoms with Crippen LogP contribution in [0.2, 0.25) is 0 Å². The summed E-state index contributed by atoms with van der Waals surface area (Å²) in [5.41, 5.74) is 2.30. The van der Waals surface area contributed by atoms with E-state index >= 15 is 0 Å². The van der Waals surface area contributed by atoms with Crippen molar-refractivity contribution < 1.29 is 9.53 Å². The first-order valence-corrected chi connectivity index (χ1v) is 8.79. The summed E-state index contributed by atoms with van der Waals surface area (Å²) < 4.78 is 5.44. The highest BCUT2D eigenvalue weighted by Crippen LogP contribution is 2.28. The van der Waals surface area contributed by atoms with Crippen LogP contribution in [0.1, 0.15) is 31.7 Å². The van der Waals surface area contributed by atoms with Crippen LogP contribution in [0.25, 0.3) is 0 Å². The van der Waals surface area contributed by atoms with Gasteiger partial charge < -0.3 is 10.1 Å². The minimum absolute atomic E-state index is 0.208. The van der Waals surface area contributed by atoms with E-state index in [-0.39, 0.29) is 5.97 Å². The van der Waals surface area contributed by atoms with E-state index in [1.54, 1.807) is 0 Å². The first-order valence-electron chi connectivity index (χ1n) is 6.98. The van der Waals surface area contributed by atoms with E-state index < -0.39 is 0 Å². The van der Waals surface area contributed by atoms with Gasteiger partial charge in [0.1, 0.15) is 0 Å². The number of nitrogens with one attached hydrogen (secondary N) is 1. The molecule has 1 heterocycles. The van der Waals surface area contributed by atoms with Crippen LogP contribution in [-0.2, 0) is 9.53 Å². The van der Waals surface area contributed by atoms with Crippen molar-refractivity contribution in [2.24, 2.45) is 0 Å². The summed E-state index contributed by atoms with van der Waals surface area (Å²) >= 11 is 2.98. The highest BCUT2D eigenvalue weighted by Gasteiger charge is 2.07. The molecule has 1 aromatic carbocycles. The fraction of sp³-hybridized carbons (Fsp3) is 0.400. The molecular weight excluding hydrogens is 318 g/mol. The monoisotopic (exact) mass is 337 g/mol. The van der Waals surface area contributed by atoms with Crippen LogP contribution < -0.4 is 5.32 Å². The molecule has 0 amide bonds. The molecule has 0 spiro atoms. The van der Waals surface area contributed by atoms with Gasteiger partial charge in [0.25, 0.3) is 0 Å². The Morgan fingerprint density at radius 2 is 2.05 bits per heavy atom. The van der Waals surface area contributed by atoms with Crippen LogP contribution in [0.3, 0.4) is 0 Å². The van der Waals surface area contributed by atoms with Crippen LogP contribution in [-0.4, -0.2) is 29.0 Å². The minimum Gasteiger partial charge on any atom is -0.469 e. The number of methoxy groups -OCH3 is 1. The Balaban J connectivity index is 1.87. The maximum atomic E-state index is 11.0. The average Bonchev–Trinajstić information content (AvgIpc) is 2.95. The molecule has 0 radical (unpaired) electrons. The van der Waals surface area contributed by atoms with Crippen molar-refractivity contribution in [1.82, 2.24) is 10.2 Å². The Morgan fingerprint density at radius 3 is 2.68 bits per heavy atom. The zero-order valence-electron chi connectivity index (χ0n) is 12.8. The van der Waals surface area contributed by atoms with E-state index in [4.69, 9.17) is 0 Å². The molecule has 0 unspecified atom stereocenters. The molecule has 0 aliphatic carbocycles. The molecule has 22 heavy (non-hydrogen) atoms. The predicted molar refractivity (Wildman–Crippen MR) is 91.1 cm³/mol. The first-order chi connectivity index (χ1) is 10.6. The topological polar surface area (TPSA) is 64.1 Å². The second-order valence-electron chi connectivity index (χ2n) is 4.95.